The first kappa shape index (κ1) is 19.7. The third-order valence-electron chi connectivity index (χ3n) is 5.81. The van der Waals surface area contributed by atoms with Crippen LogP contribution in [0.1, 0.15) is 25.7 Å². The minimum absolute atomic E-state index is 0.147. The van der Waals surface area contributed by atoms with E-state index >= 15 is 0 Å². The van der Waals surface area contributed by atoms with E-state index in [1.165, 1.54) is 12.8 Å². The third-order valence-corrected chi connectivity index (χ3v) is 5.81. The summed E-state index contributed by atoms with van der Waals surface area (Å²) in [7, 11) is 1.63. The van der Waals surface area contributed by atoms with Gasteiger partial charge in [-0.3, -0.25) is 9.69 Å². The summed E-state index contributed by atoms with van der Waals surface area (Å²) in [6.45, 7) is 2.99. The normalized spacial score (nSPS) is 17.7. The Morgan fingerprint density at radius 3 is 3.00 bits per heavy atom. The van der Waals surface area contributed by atoms with E-state index in [2.05, 4.69) is 14.9 Å². The smallest absolute Gasteiger partial charge is 0.259 e. The number of aromatic nitrogens is 3. The molecule has 7 heteroatoms. The fraction of sp³-hybridized carbons (Fsp3) is 0.455. The molecule has 1 aromatic carbocycles. The summed E-state index contributed by atoms with van der Waals surface area (Å²) < 4.78 is 7.34. The molecule has 1 aliphatic rings. The van der Waals surface area contributed by atoms with Crippen molar-refractivity contribution in [2.75, 3.05) is 26.8 Å². The Balaban J connectivity index is 1.53. The molecule has 1 aliphatic heterocycles. The monoisotopic (exact) mass is 396 g/mol. The van der Waals surface area contributed by atoms with E-state index in [1.807, 2.05) is 35.0 Å². The summed E-state index contributed by atoms with van der Waals surface area (Å²) in [5.74, 6) is 1.42. The summed E-state index contributed by atoms with van der Waals surface area (Å²) in [4.78, 5) is 22.4. The predicted octanol–water partition coefficient (Wildman–Crippen LogP) is 2.64. The number of fused-ring (bicyclic) bond motifs is 1. The molecule has 0 bridgehead atoms. The number of pyridine rings is 1. The van der Waals surface area contributed by atoms with Crippen molar-refractivity contribution >= 4 is 10.9 Å². The van der Waals surface area contributed by atoms with E-state index in [0.717, 1.165) is 49.1 Å². The van der Waals surface area contributed by atoms with Crippen LogP contribution in [0.2, 0.25) is 0 Å². The number of benzene rings is 1. The van der Waals surface area contributed by atoms with Crippen LogP contribution in [0.15, 0.2) is 41.5 Å². The van der Waals surface area contributed by atoms with Crippen LogP contribution in [0.5, 0.6) is 5.75 Å². The number of ether oxygens (including phenoxy) is 1. The van der Waals surface area contributed by atoms with Gasteiger partial charge < -0.3 is 19.4 Å². The molecule has 0 spiro atoms. The van der Waals surface area contributed by atoms with Crippen molar-refractivity contribution < 1.29 is 9.84 Å². The number of aliphatic hydroxyl groups excluding tert-OH is 1. The highest BCUT2D eigenvalue weighted by Crippen LogP contribution is 2.23. The van der Waals surface area contributed by atoms with Gasteiger partial charge in [-0.05, 0) is 50.1 Å². The van der Waals surface area contributed by atoms with Crippen molar-refractivity contribution in [3.8, 4) is 17.1 Å². The molecule has 1 unspecified atom stereocenters. The molecule has 1 fully saturated rings. The number of imidazole rings is 1. The summed E-state index contributed by atoms with van der Waals surface area (Å²) in [5.41, 5.74) is 1.19. The molecule has 2 aromatic heterocycles. The molecule has 0 aliphatic carbocycles. The van der Waals surface area contributed by atoms with Crippen LogP contribution in [0.3, 0.4) is 0 Å². The maximum Gasteiger partial charge on any atom is 0.259 e. The van der Waals surface area contributed by atoms with Crippen molar-refractivity contribution in [3.05, 3.63) is 47.0 Å². The standard InChI is InChI=1S/C22H28N4O3/c1-29-18-6-7-20-16(13-18)14-19(22(28)24-20)21-23-8-12-26(21)11-4-10-25-9-3-2-5-17(25)15-27/h6-8,12-14,17,27H,2-5,9-11,15H2,1H3,(H,24,28). The number of hydrogen-bond acceptors (Lipinski definition) is 5. The maximum atomic E-state index is 12.7. The summed E-state index contributed by atoms with van der Waals surface area (Å²) in [6.07, 6.45) is 8.07. The number of piperidine rings is 1. The van der Waals surface area contributed by atoms with E-state index in [1.54, 1.807) is 13.3 Å². The maximum absolute atomic E-state index is 12.7. The number of aromatic amines is 1. The van der Waals surface area contributed by atoms with Crippen LogP contribution in [0, 0.1) is 0 Å². The van der Waals surface area contributed by atoms with E-state index in [4.69, 9.17) is 4.74 Å². The van der Waals surface area contributed by atoms with Crippen LogP contribution in [-0.2, 0) is 6.54 Å². The molecule has 4 rings (SSSR count). The Labute approximate surface area is 170 Å². The fourth-order valence-electron chi connectivity index (χ4n) is 4.22. The van der Waals surface area contributed by atoms with Gasteiger partial charge in [-0.2, -0.15) is 0 Å². The van der Waals surface area contributed by atoms with Crippen molar-refractivity contribution in [1.82, 2.24) is 19.4 Å². The second-order valence-electron chi connectivity index (χ2n) is 7.63. The van der Waals surface area contributed by atoms with Gasteiger partial charge in [-0.1, -0.05) is 6.42 Å². The van der Waals surface area contributed by atoms with Gasteiger partial charge in [0, 0.05) is 42.4 Å². The van der Waals surface area contributed by atoms with Gasteiger partial charge in [-0.25, -0.2) is 4.98 Å². The van der Waals surface area contributed by atoms with Gasteiger partial charge >= 0.3 is 0 Å². The first-order valence-electron chi connectivity index (χ1n) is 10.3. The van der Waals surface area contributed by atoms with E-state index < -0.39 is 0 Å². The highest BCUT2D eigenvalue weighted by Gasteiger charge is 2.21. The van der Waals surface area contributed by atoms with Gasteiger partial charge in [0.05, 0.1) is 19.3 Å². The molecule has 3 aromatic rings. The number of aliphatic hydroxyl groups is 1. The summed E-state index contributed by atoms with van der Waals surface area (Å²) >= 11 is 0. The number of H-pyrrole nitrogens is 1. The lowest BCUT2D eigenvalue weighted by Gasteiger charge is -2.34. The van der Waals surface area contributed by atoms with Crippen LogP contribution >= 0.6 is 0 Å². The summed E-state index contributed by atoms with van der Waals surface area (Å²) in [6, 6.07) is 7.75. The molecule has 2 N–H and O–H groups in total. The number of aryl methyl sites for hydroxylation is 1. The molecule has 0 saturated carbocycles. The molecule has 29 heavy (non-hydrogen) atoms. The average Bonchev–Trinajstić information content (AvgIpc) is 3.21. The molecule has 1 saturated heterocycles. The molecule has 7 nitrogen and oxygen atoms in total. The lowest BCUT2D eigenvalue weighted by Crippen LogP contribution is -2.42. The van der Waals surface area contributed by atoms with Crippen molar-refractivity contribution in [3.63, 3.8) is 0 Å². The number of hydrogen-bond donors (Lipinski definition) is 2. The number of nitrogens with one attached hydrogen (secondary N) is 1. The molecule has 154 valence electrons. The van der Waals surface area contributed by atoms with Crippen LogP contribution in [-0.4, -0.2) is 57.4 Å². The molecule has 0 radical (unpaired) electrons. The Morgan fingerprint density at radius 2 is 2.17 bits per heavy atom. The van der Waals surface area contributed by atoms with E-state index in [9.17, 15) is 9.90 Å². The Kier molecular flexibility index (Phi) is 5.97. The Bertz CT molecular complexity index is 1030. The Hall–Kier alpha value is -2.64. The predicted molar refractivity (Wildman–Crippen MR) is 113 cm³/mol. The number of likely N-dealkylation sites (tertiary alicyclic amines) is 1. The van der Waals surface area contributed by atoms with Gasteiger partial charge in [0.1, 0.15) is 11.6 Å². The largest absolute Gasteiger partial charge is 0.497 e. The van der Waals surface area contributed by atoms with Gasteiger partial charge in [0.25, 0.3) is 5.56 Å². The zero-order chi connectivity index (χ0) is 20.2. The first-order chi connectivity index (χ1) is 14.2. The second kappa shape index (κ2) is 8.80. The number of rotatable bonds is 7. The quantitative estimate of drug-likeness (QED) is 0.641. The lowest BCUT2D eigenvalue weighted by molar-refractivity contribution is 0.0882. The minimum atomic E-state index is -0.147. The number of nitrogens with zero attached hydrogens (tertiary/aromatic N) is 3. The zero-order valence-corrected chi connectivity index (χ0v) is 16.8. The van der Waals surface area contributed by atoms with E-state index in [0.29, 0.717) is 11.4 Å². The van der Waals surface area contributed by atoms with Crippen molar-refractivity contribution in [1.29, 1.82) is 0 Å². The first-order valence-corrected chi connectivity index (χ1v) is 10.3. The molecular formula is C22H28N4O3. The van der Waals surface area contributed by atoms with Gasteiger partial charge in [0.15, 0.2) is 0 Å². The SMILES string of the molecule is COc1ccc2[nH]c(=O)c(-c3nccn3CCCN3CCCCC3CO)cc2c1. The highest BCUT2D eigenvalue weighted by atomic mass is 16.5. The molecule has 3 heterocycles. The molecule has 0 amide bonds. The van der Waals surface area contributed by atoms with Crippen LogP contribution in [0.25, 0.3) is 22.3 Å². The van der Waals surface area contributed by atoms with Gasteiger partial charge in [-0.15, -0.1) is 0 Å². The van der Waals surface area contributed by atoms with E-state index in [-0.39, 0.29) is 18.2 Å². The summed E-state index contributed by atoms with van der Waals surface area (Å²) in [5, 5.41) is 10.5. The topological polar surface area (TPSA) is 83.4 Å². The van der Waals surface area contributed by atoms with Crippen LogP contribution < -0.4 is 10.3 Å². The van der Waals surface area contributed by atoms with Crippen LogP contribution in [0.4, 0.5) is 0 Å². The zero-order valence-electron chi connectivity index (χ0n) is 16.8. The number of methoxy groups -OCH3 is 1. The highest BCUT2D eigenvalue weighted by molar-refractivity contribution is 5.83. The van der Waals surface area contributed by atoms with Crippen molar-refractivity contribution in [2.24, 2.45) is 0 Å². The lowest BCUT2D eigenvalue weighted by atomic mass is 10.0. The van der Waals surface area contributed by atoms with Gasteiger partial charge in [0.2, 0.25) is 0 Å². The second-order valence-corrected chi connectivity index (χ2v) is 7.63. The molecular weight excluding hydrogens is 368 g/mol. The fourth-order valence-corrected chi connectivity index (χ4v) is 4.22. The minimum Gasteiger partial charge on any atom is -0.497 e. The third kappa shape index (κ3) is 4.21. The molecule has 1 atom stereocenters. The van der Waals surface area contributed by atoms with Crippen molar-refractivity contribution in [2.45, 2.75) is 38.3 Å². The Morgan fingerprint density at radius 1 is 1.28 bits per heavy atom. The average molecular weight is 396 g/mol.